The van der Waals surface area contributed by atoms with Crippen LogP contribution in [0.2, 0.25) is 0 Å². The van der Waals surface area contributed by atoms with Gasteiger partial charge in [0.15, 0.2) is 0 Å². The molecule has 3 nitrogen and oxygen atoms in total. The van der Waals surface area contributed by atoms with Gasteiger partial charge in [0.05, 0.1) is 0 Å². The van der Waals surface area contributed by atoms with Crippen molar-refractivity contribution in [2.45, 2.75) is 18.6 Å². The van der Waals surface area contributed by atoms with Gasteiger partial charge in [0.2, 0.25) is 5.91 Å². The Balaban J connectivity index is 0.00000225. The summed E-state index contributed by atoms with van der Waals surface area (Å²) < 4.78 is 35.3. The molecule has 1 rings (SSSR count). The molecule has 1 saturated heterocycles. The van der Waals surface area contributed by atoms with Crippen molar-refractivity contribution in [3.63, 3.8) is 0 Å². The highest BCUT2D eigenvalue weighted by atomic mass is 35.5. The maximum absolute atomic E-state index is 11.8. The van der Waals surface area contributed by atoms with E-state index >= 15 is 0 Å². The van der Waals surface area contributed by atoms with Crippen molar-refractivity contribution >= 4 is 30.1 Å². The Kier molecular flexibility index (Phi) is 7.17. The minimum atomic E-state index is -4.33. The molecule has 96 valence electrons. The van der Waals surface area contributed by atoms with E-state index in [0.29, 0.717) is 0 Å². The third-order valence-corrected chi connectivity index (χ3v) is 3.05. The lowest BCUT2D eigenvalue weighted by atomic mass is 10.2. The second-order valence-electron chi connectivity index (χ2n) is 3.32. The minimum Gasteiger partial charge on any atom is -0.347 e. The van der Waals surface area contributed by atoms with E-state index in [4.69, 9.17) is 0 Å². The van der Waals surface area contributed by atoms with Gasteiger partial charge in [-0.1, -0.05) is 0 Å². The van der Waals surface area contributed by atoms with Gasteiger partial charge in [-0.15, -0.1) is 12.4 Å². The number of amides is 1. The van der Waals surface area contributed by atoms with Crippen LogP contribution in [0.15, 0.2) is 0 Å². The summed E-state index contributed by atoms with van der Waals surface area (Å²) in [7, 11) is 0. The molecule has 2 N–H and O–H groups in total. The molecule has 1 amide bonds. The van der Waals surface area contributed by atoms with Gasteiger partial charge in [-0.25, -0.2) is 0 Å². The Labute approximate surface area is 102 Å². The van der Waals surface area contributed by atoms with E-state index in [-0.39, 0.29) is 24.9 Å². The highest BCUT2D eigenvalue weighted by Gasteiger charge is 2.28. The summed E-state index contributed by atoms with van der Waals surface area (Å²) in [5.41, 5.74) is 0. The summed E-state index contributed by atoms with van der Waals surface area (Å²) >= 11 is 1.70. The Morgan fingerprint density at radius 2 is 2.19 bits per heavy atom. The van der Waals surface area contributed by atoms with E-state index in [0.717, 1.165) is 18.1 Å². The van der Waals surface area contributed by atoms with Crippen LogP contribution in [-0.2, 0) is 4.79 Å². The number of rotatable bonds is 3. The van der Waals surface area contributed by atoms with Crippen molar-refractivity contribution < 1.29 is 18.0 Å². The number of halogens is 4. The topological polar surface area (TPSA) is 41.1 Å². The third kappa shape index (κ3) is 7.19. The molecule has 0 spiro atoms. The fourth-order valence-corrected chi connectivity index (χ4v) is 2.19. The summed E-state index contributed by atoms with van der Waals surface area (Å²) in [6, 6.07) is -0.00279. The Bertz CT molecular complexity index is 222. The molecule has 0 saturated carbocycles. The molecule has 8 heteroatoms. The van der Waals surface area contributed by atoms with Crippen LogP contribution in [-0.4, -0.2) is 42.7 Å². The minimum absolute atomic E-state index is 0. The van der Waals surface area contributed by atoms with E-state index in [9.17, 15) is 18.0 Å². The zero-order chi connectivity index (χ0) is 11.3. The Hall–Kier alpha value is -0.140. The summed E-state index contributed by atoms with van der Waals surface area (Å²) in [4.78, 5) is 11.1. The summed E-state index contributed by atoms with van der Waals surface area (Å²) in [5.74, 6) is 1.22. The fraction of sp³-hybridized carbons (Fsp3) is 0.875. The molecule has 0 aromatic carbocycles. The average Bonchev–Trinajstić information content (AvgIpc) is 2.15. The molecular formula is C8H14ClF3N2OS. The van der Waals surface area contributed by atoms with Crippen LogP contribution in [0.1, 0.15) is 6.42 Å². The van der Waals surface area contributed by atoms with Crippen LogP contribution < -0.4 is 10.6 Å². The van der Waals surface area contributed by atoms with Crippen LogP contribution in [0, 0.1) is 0 Å². The van der Waals surface area contributed by atoms with Crippen molar-refractivity contribution in [2.75, 3.05) is 24.6 Å². The van der Waals surface area contributed by atoms with Crippen molar-refractivity contribution in [1.82, 2.24) is 10.6 Å². The first-order chi connectivity index (χ1) is 6.97. The largest absolute Gasteiger partial charge is 0.405 e. The van der Waals surface area contributed by atoms with E-state index in [1.807, 2.05) is 5.32 Å². The molecule has 1 aliphatic heterocycles. The van der Waals surface area contributed by atoms with Crippen LogP contribution in [0.4, 0.5) is 13.2 Å². The van der Waals surface area contributed by atoms with Gasteiger partial charge in [-0.3, -0.25) is 4.79 Å². The van der Waals surface area contributed by atoms with Crippen LogP contribution in [0.5, 0.6) is 0 Å². The summed E-state index contributed by atoms with van der Waals surface area (Å²) in [5, 5.41) is 4.94. The predicted molar refractivity (Wildman–Crippen MR) is 60.0 cm³/mol. The second-order valence-corrected chi connectivity index (χ2v) is 4.47. The van der Waals surface area contributed by atoms with Crippen molar-refractivity contribution in [3.8, 4) is 0 Å². The molecule has 1 fully saturated rings. The van der Waals surface area contributed by atoms with Crippen LogP contribution in [0.25, 0.3) is 0 Å². The number of thioether (sulfide) groups is 1. The van der Waals surface area contributed by atoms with Crippen molar-refractivity contribution in [3.05, 3.63) is 0 Å². The first-order valence-corrected chi connectivity index (χ1v) is 5.77. The summed E-state index contributed by atoms with van der Waals surface area (Å²) in [6.07, 6.45) is -4.21. The molecule has 0 aromatic rings. The Morgan fingerprint density at radius 3 is 2.69 bits per heavy atom. The first-order valence-electron chi connectivity index (χ1n) is 4.62. The summed E-state index contributed by atoms with van der Waals surface area (Å²) in [6.45, 7) is -0.437. The molecule has 0 bridgehead atoms. The van der Waals surface area contributed by atoms with E-state index < -0.39 is 18.6 Å². The zero-order valence-corrected chi connectivity index (χ0v) is 10.1. The van der Waals surface area contributed by atoms with Gasteiger partial charge >= 0.3 is 6.18 Å². The number of alkyl halides is 3. The molecule has 1 atom stereocenters. The molecule has 0 aliphatic carbocycles. The van der Waals surface area contributed by atoms with Gasteiger partial charge in [0.1, 0.15) is 6.54 Å². The molecule has 1 heterocycles. The highest BCUT2D eigenvalue weighted by Crippen LogP contribution is 2.13. The Morgan fingerprint density at radius 1 is 1.50 bits per heavy atom. The molecule has 0 radical (unpaired) electrons. The monoisotopic (exact) mass is 278 g/mol. The standard InChI is InChI=1S/C8H13F3N2OS.ClH/c9-8(10,11)5-13-7(14)3-6-4-15-2-1-12-6;/h6,12H,1-5H2,(H,13,14);1H. The molecule has 16 heavy (non-hydrogen) atoms. The molecule has 1 unspecified atom stereocenters. The normalized spacial score (nSPS) is 21.1. The van der Waals surface area contributed by atoms with Gasteiger partial charge in [0.25, 0.3) is 0 Å². The quantitative estimate of drug-likeness (QED) is 0.815. The van der Waals surface area contributed by atoms with Crippen molar-refractivity contribution in [2.24, 2.45) is 0 Å². The lowest BCUT2D eigenvalue weighted by Gasteiger charge is -2.22. The molecular weight excluding hydrogens is 265 g/mol. The van der Waals surface area contributed by atoms with E-state index in [2.05, 4.69) is 5.32 Å². The predicted octanol–water partition coefficient (Wildman–Crippen LogP) is 1.18. The van der Waals surface area contributed by atoms with E-state index in [1.54, 1.807) is 11.8 Å². The van der Waals surface area contributed by atoms with E-state index in [1.165, 1.54) is 0 Å². The highest BCUT2D eigenvalue weighted by molar-refractivity contribution is 7.99. The maximum Gasteiger partial charge on any atom is 0.405 e. The molecule has 0 aromatic heterocycles. The molecule has 1 aliphatic rings. The van der Waals surface area contributed by atoms with Gasteiger partial charge in [-0.05, 0) is 0 Å². The number of nitrogens with one attached hydrogen (secondary N) is 2. The van der Waals surface area contributed by atoms with Gasteiger partial charge < -0.3 is 10.6 Å². The number of hydrogen-bond acceptors (Lipinski definition) is 3. The average molecular weight is 279 g/mol. The van der Waals surface area contributed by atoms with Crippen LogP contribution >= 0.6 is 24.2 Å². The van der Waals surface area contributed by atoms with Crippen LogP contribution in [0.3, 0.4) is 0 Å². The van der Waals surface area contributed by atoms with Crippen molar-refractivity contribution in [1.29, 1.82) is 0 Å². The fourth-order valence-electron chi connectivity index (χ4n) is 1.25. The first kappa shape index (κ1) is 15.9. The van der Waals surface area contributed by atoms with Gasteiger partial charge in [-0.2, -0.15) is 24.9 Å². The number of hydrogen-bond donors (Lipinski definition) is 2. The second kappa shape index (κ2) is 7.24. The number of carbonyl (C=O) groups excluding carboxylic acids is 1. The SMILES string of the molecule is Cl.O=C(CC1CSCCN1)NCC(F)(F)F. The lowest BCUT2D eigenvalue weighted by Crippen LogP contribution is -2.42. The third-order valence-electron chi connectivity index (χ3n) is 1.92. The lowest BCUT2D eigenvalue weighted by molar-refractivity contribution is -0.138. The van der Waals surface area contributed by atoms with Gasteiger partial charge in [0, 0.05) is 30.5 Å². The zero-order valence-electron chi connectivity index (χ0n) is 8.47. The number of carbonyl (C=O) groups is 1. The maximum atomic E-state index is 11.8. The smallest absolute Gasteiger partial charge is 0.347 e.